The highest BCUT2D eigenvalue weighted by Gasteiger charge is 1.99. The minimum absolute atomic E-state index is 0.809. The molecular weight excluding hydrogens is 244 g/mol. The van der Waals surface area contributed by atoms with Crippen LogP contribution in [0.5, 0.6) is 0 Å². The van der Waals surface area contributed by atoms with E-state index >= 15 is 0 Å². The first-order chi connectivity index (χ1) is 8.83. The van der Waals surface area contributed by atoms with Crippen molar-refractivity contribution in [3.63, 3.8) is 0 Å². The predicted octanol–water partition coefficient (Wildman–Crippen LogP) is 3.38. The third-order valence-corrected chi connectivity index (χ3v) is 3.47. The molecule has 3 rings (SSSR count). The molecule has 2 aromatic heterocycles. The lowest BCUT2D eigenvalue weighted by Crippen LogP contribution is -1.89. The maximum absolute atomic E-state index is 4.28. The topological polar surface area (TPSA) is 53.1 Å². The van der Waals surface area contributed by atoms with E-state index in [0.29, 0.717) is 0 Å². The fraction of sp³-hybridized carbons (Fsp3) is 0.0769. The molecule has 0 fully saturated rings. The number of rotatable bonds is 3. The molecule has 0 bridgehead atoms. The van der Waals surface area contributed by atoms with E-state index in [9.17, 15) is 0 Å². The van der Waals surface area contributed by atoms with Gasteiger partial charge in [-0.3, -0.25) is 5.43 Å². The molecular formula is C13H12N4S. The molecule has 0 radical (unpaired) electrons. The van der Waals surface area contributed by atoms with Crippen LogP contribution in [0, 0.1) is 6.92 Å². The van der Waals surface area contributed by atoms with Crippen molar-refractivity contribution in [1.82, 2.24) is 9.97 Å². The number of H-pyrrole nitrogens is 1. The van der Waals surface area contributed by atoms with Crippen molar-refractivity contribution in [2.45, 2.75) is 6.92 Å². The lowest BCUT2D eigenvalue weighted by Gasteiger charge is -1.93. The minimum atomic E-state index is 0.809. The van der Waals surface area contributed by atoms with Gasteiger partial charge in [-0.2, -0.15) is 5.10 Å². The van der Waals surface area contributed by atoms with Crippen molar-refractivity contribution in [2.75, 3.05) is 5.43 Å². The molecule has 90 valence electrons. The summed E-state index contributed by atoms with van der Waals surface area (Å²) in [6, 6.07) is 8.15. The Morgan fingerprint density at radius 3 is 3.11 bits per heavy atom. The van der Waals surface area contributed by atoms with Crippen molar-refractivity contribution in [2.24, 2.45) is 5.10 Å². The van der Waals surface area contributed by atoms with Crippen LogP contribution in [0.25, 0.3) is 10.9 Å². The Bertz CT molecular complexity index is 696. The molecule has 0 unspecified atom stereocenters. The lowest BCUT2D eigenvalue weighted by molar-refractivity contribution is 1.22. The van der Waals surface area contributed by atoms with Crippen LogP contribution in [0.15, 0.2) is 40.9 Å². The number of benzene rings is 1. The number of hydrogen-bond donors (Lipinski definition) is 2. The third-order valence-electron chi connectivity index (χ3n) is 2.60. The second kappa shape index (κ2) is 4.62. The quantitative estimate of drug-likeness (QED) is 0.557. The SMILES string of the molecule is Cc1csc(N/N=C\c2c[nH]c3ccccc23)n1. The molecule has 2 heterocycles. The Kier molecular flexibility index (Phi) is 2.82. The largest absolute Gasteiger partial charge is 0.361 e. The zero-order chi connectivity index (χ0) is 12.4. The minimum Gasteiger partial charge on any atom is -0.361 e. The number of nitrogens with zero attached hydrogens (tertiary/aromatic N) is 2. The van der Waals surface area contributed by atoms with Gasteiger partial charge in [0, 0.05) is 28.0 Å². The molecule has 0 saturated heterocycles. The Balaban J connectivity index is 1.80. The van der Waals surface area contributed by atoms with Crippen molar-refractivity contribution < 1.29 is 0 Å². The number of para-hydroxylation sites is 1. The van der Waals surface area contributed by atoms with Gasteiger partial charge >= 0.3 is 0 Å². The number of thiazole rings is 1. The Morgan fingerprint density at radius 1 is 1.39 bits per heavy atom. The fourth-order valence-corrected chi connectivity index (χ4v) is 2.40. The number of fused-ring (bicyclic) bond motifs is 1. The van der Waals surface area contributed by atoms with Gasteiger partial charge in [-0.15, -0.1) is 11.3 Å². The molecule has 18 heavy (non-hydrogen) atoms. The molecule has 4 nitrogen and oxygen atoms in total. The summed E-state index contributed by atoms with van der Waals surface area (Å²) in [4.78, 5) is 7.49. The molecule has 3 aromatic rings. The zero-order valence-electron chi connectivity index (χ0n) is 9.84. The van der Waals surface area contributed by atoms with Crippen molar-refractivity contribution in [1.29, 1.82) is 0 Å². The predicted molar refractivity (Wildman–Crippen MR) is 76.4 cm³/mol. The third kappa shape index (κ3) is 2.12. The van der Waals surface area contributed by atoms with E-state index in [4.69, 9.17) is 0 Å². The van der Waals surface area contributed by atoms with Gasteiger partial charge in [-0.05, 0) is 13.0 Å². The second-order valence-corrected chi connectivity index (χ2v) is 4.81. The van der Waals surface area contributed by atoms with Gasteiger partial charge in [-0.25, -0.2) is 4.98 Å². The number of hydrogen-bond acceptors (Lipinski definition) is 4. The van der Waals surface area contributed by atoms with E-state index in [0.717, 1.165) is 21.9 Å². The molecule has 0 atom stereocenters. The van der Waals surface area contributed by atoms with Gasteiger partial charge in [0.2, 0.25) is 5.13 Å². The molecule has 0 aliphatic rings. The van der Waals surface area contributed by atoms with Crippen LogP contribution in [0.2, 0.25) is 0 Å². The van der Waals surface area contributed by atoms with Gasteiger partial charge in [0.1, 0.15) is 0 Å². The van der Waals surface area contributed by atoms with Gasteiger partial charge in [-0.1, -0.05) is 18.2 Å². The summed E-state index contributed by atoms with van der Waals surface area (Å²) in [5.41, 5.74) is 6.11. The summed E-state index contributed by atoms with van der Waals surface area (Å²) in [5.74, 6) is 0. The molecule has 0 amide bonds. The van der Waals surface area contributed by atoms with Crippen molar-refractivity contribution in [3.05, 3.63) is 47.1 Å². The van der Waals surface area contributed by atoms with Gasteiger partial charge in [0.05, 0.1) is 11.9 Å². The molecule has 0 aliphatic carbocycles. The lowest BCUT2D eigenvalue weighted by atomic mass is 10.2. The van der Waals surface area contributed by atoms with E-state index in [1.54, 1.807) is 17.6 Å². The average molecular weight is 256 g/mol. The summed E-state index contributed by atoms with van der Waals surface area (Å²) in [6.45, 7) is 1.96. The standard InChI is InChI=1S/C13H12N4S/c1-9-8-18-13(16-9)17-15-7-10-6-14-12-5-3-2-4-11(10)12/h2-8,14H,1H3,(H,16,17)/b15-7-. The summed E-state index contributed by atoms with van der Waals surface area (Å²) in [6.07, 6.45) is 3.75. The Hall–Kier alpha value is -2.14. The first-order valence-electron chi connectivity index (χ1n) is 5.60. The van der Waals surface area contributed by atoms with E-state index in [1.807, 2.05) is 36.7 Å². The van der Waals surface area contributed by atoms with Crippen molar-refractivity contribution >= 4 is 33.6 Å². The number of aromatic amines is 1. The highest BCUT2D eigenvalue weighted by atomic mass is 32.1. The van der Waals surface area contributed by atoms with Crippen LogP contribution >= 0.6 is 11.3 Å². The molecule has 5 heteroatoms. The van der Waals surface area contributed by atoms with E-state index < -0.39 is 0 Å². The van der Waals surface area contributed by atoms with Crippen LogP contribution < -0.4 is 5.43 Å². The zero-order valence-corrected chi connectivity index (χ0v) is 10.7. The van der Waals surface area contributed by atoms with E-state index in [-0.39, 0.29) is 0 Å². The number of hydrazone groups is 1. The summed E-state index contributed by atoms with van der Waals surface area (Å²) >= 11 is 1.55. The van der Waals surface area contributed by atoms with Crippen LogP contribution in [0.4, 0.5) is 5.13 Å². The molecule has 0 saturated carbocycles. The number of aryl methyl sites for hydroxylation is 1. The highest BCUT2D eigenvalue weighted by Crippen LogP contribution is 2.17. The van der Waals surface area contributed by atoms with Gasteiger partial charge in [0.25, 0.3) is 0 Å². The monoisotopic (exact) mass is 256 g/mol. The second-order valence-electron chi connectivity index (χ2n) is 3.95. The Labute approximate surface area is 108 Å². The van der Waals surface area contributed by atoms with Crippen molar-refractivity contribution in [3.8, 4) is 0 Å². The summed E-state index contributed by atoms with van der Waals surface area (Å²) in [5, 5.41) is 8.16. The maximum atomic E-state index is 4.28. The molecule has 0 spiro atoms. The first kappa shape index (κ1) is 11.0. The van der Waals surface area contributed by atoms with Crippen LogP contribution in [-0.4, -0.2) is 16.2 Å². The number of nitrogens with one attached hydrogen (secondary N) is 2. The van der Waals surface area contributed by atoms with Crippen LogP contribution in [0.1, 0.15) is 11.3 Å². The van der Waals surface area contributed by atoms with Gasteiger partial charge in [0.15, 0.2) is 0 Å². The van der Waals surface area contributed by atoms with E-state index in [2.05, 4.69) is 26.6 Å². The maximum Gasteiger partial charge on any atom is 0.203 e. The summed E-state index contributed by atoms with van der Waals surface area (Å²) < 4.78 is 0. The smallest absolute Gasteiger partial charge is 0.203 e. The number of aromatic nitrogens is 2. The van der Waals surface area contributed by atoms with Crippen LogP contribution in [-0.2, 0) is 0 Å². The van der Waals surface area contributed by atoms with Gasteiger partial charge < -0.3 is 4.98 Å². The highest BCUT2D eigenvalue weighted by molar-refractivity contribution is 7.13. The van der Waals surface area contributed by atoms with E-state index in [1.165, 1.54) is 5.39 Å². The van der Waals surface area contributed by atoms with Crippen LogP contribution in [0.3, 0.4) is 0 Å². The molecule has 2 N–H and O–H groups in total. The normalized spacial score (nSPS) is 11.4. The fourth-order valence-electron chi connectivity index (χ4n) is 1.76. The number of anilines is 1. The first-order valence-corrected chi connectivity index (χ1v) is 6.48. The Morgan fingerprint density at radius 2 is 2.28 bits per heavy atom. The summed E-state index contributed by atoms with van der Waals surface area (Å²) in [7, 11) is 0. The average Bonchev–Trinajstić information content (AvgIpc) is 2.97. The molecule has 1 aromatic carbocycles. The molecule has 0 aliphatic heterocycles.